The van der Waals surface area contributed by atoms with Crippen LogP contribution in [-0.4, -0.2) is 5.94 Å². The Morgan fingerprint density at radius 3 is 2.67 bits per heavy atom. The highest BCUT2D eigenvalue weighted by Gasteiger charge is 1.73. The molecular formula is C8H10O. The lowest BCUT2D eigenvalue weighted by Gasteiger charge is -1.82. The fourth-order valence-electron chi connectivity index (χ4n) is 0.484. The van der Waals surface area contributed by atoms with Crippen molar-refractivity contribution in [2.24, 2.45) is 0 Å². The number of hydrogen-bond donors (Lipinski definition) is 0. The van der Waals surface area contributed by atoms with Crippen LogP contribution in [0.1, 0.15) is 13.8 Å². The summed E-state index contributed by atoms with van der Waals surface area (Å²) in [6, 6.07) is 0. The van der Waals surface area contributed by atoms with E-state index < -0.39 is 0 Å². The Labute approximate surface area is 55.4 Å². The molecule has 0 rings (SSSR count). The molecule has 0 unspecified atom stereocenters. The molecule has 0 aromatic heterocycles. The second-order valence-electron chi connectivity index (χ2n) is 1.70. The van der Waals surface area contributed by atoms with Gasteiger partial charge in [-0.25, -0.2) is 4.79 Å². The van der Waals surface area contributed by atoms with Crippen LogP contribution in [0.5, 0.6) is 0 Å². The summed E-state index contributed by atoms with van der Waals surface area (Å²) < 4.78 is 0. The lowest BCUT2D eigenvalue weighted by molar-refractivity contribution is 0.569. The monoisotopic (exact) mass is 122 g/mol. The molecule has 0 atom stereocenters. The van der Waals surface area contributed by atoms with E-state index in [9.17, 15) is 4.79 Å². The molecule has 0 aliphatic rings. The largest absolute Gasteiger partial charge is 0.234 e. The minimum atomic E-state index is 1.06. The molecule has 0 N–H and O–H groups in total. The summed E-state index contributed by atoms with van der Waals surface area (Å²) in [5.74, 6) is 1.67. The van der Waals surface area contributed by atoms with E-state index in [1.807, 2.05) is 26.0 Å². The van der Waals surface area contributed by atoms with Crippen LogP contribution in [0, 0.1) is 0 Å². The molecule has 0 saturated carbocycles. The molecule has 0 amide bonds. The van der Waals surface area contributed by atoms with E-state index in [1.165, 1.54) is 6.08 Å². The normalized spacial score (nSPS) is 11.6. The molecule has 0 aromatic carbocycles. The summed E-state index contributed by atoms with van der Waals surface area (Å²) in [5.41, 5.74) is 1.06. The Hall–Kier alpha value is -1.07. The molecule has 0 radical (unpaired) electrons. The Kier molecular flexibility index (Phi) is 4.47. The molecule has 0 aliphatic heterocycles. The Morgan fingerprint density at radius 2 is 2.22 bits per heavy atom. The first-order chi connectivity index (χ1) is 4.31. The lowest BCUT2D eigenvalue weighted by Crippen LogP contribution is -1.63. The Bertz CT molecular complexity index is 169. The summed E-state index contributed by atoms with van der Waals surface area (Å²) in [5, 5.41) is 0. The molecule has 1 heteroatoms. The smallest absolute Gasteiger partial charge is 0.124 e. The average molecular weight is 122 g/mol. The highest BCUT2D eigenvalue weighted by Crippen LogP contribution is 1.92. The maximum Gasteiger partial charge on any atom is 0.124 e. The third-order valence-corrected chi connectivity index (χ3v) is 0.844. The third-order valence-electron chi connectivity index (χ3n) is 0.844. The van der Waals surface area contributed by atoms with Gasteiger partial charge in [0.25, 0.3) is 0 Å². The molecule has 0 spiro atoms. The van der Waals surface area contributed by atoms with E-state index in [1.54, 1.807) is 12.0 Å². The van der Waals surface area contributed by atoms with Gasteiger partial charge in [0, 0.05) is 6.08 Å². The number of rotatable bonds is 2. The van der Waals surface area contributed by atoms with Crippen molar-refractivity contribution in [3.8, 4) is 0 Å². The first-order valence-corrected chi connectivity index (χ1v) is 2.81. The van der Waals surface area contributed by atoms with Gasteiger partial charge in [-0.05, 0) is 19.9 Å². The summed E-state index contributed by atoms with van der Waals surface area (Å²) in [7, 11) is 0. The van der Waals surface area contributed by atoms with Gasteiger partial charge in [0.2, 0.25) is 0 Å². The molecule has 0 aromatic rings. The van der Waals surface area contributed by atoms with Gasteiger partial charge < -0.3 is 0 Å². The zero-order valence-electron chi connectivity index (χ0n) is 5.72. The van der Waals surface area contributed by atoms with Crippen molar-refractivity contribution in [1.29, 1.82) is 0 Å². The molecule has 48 valence electrons. The van der Waals surface area contributed by atoms with Crippen LogP contribution in [0.15, 0.2) is 29.9 Å². The molecule has 0 fully saturated rings. The molecule has 1 nitrogen and oxygen atoms in total. The predicted octanol–water partition coefficient (Wildman–Crippen LogP) is 1.90. The van der Waals surface area contributed by atoms with Crippen LogP contribution in [0.3, 0.4) is 0 Å². The van der Waals surface area contributed by atoms with Crippen LogP contribution < -0.4 is 0 Å². The third kappa shape index (κ3) is 4.79. The van der Waals surface area contributed by atoms with Crippen LogP contribution in [-0.2, 0) is 4.79 Å². The molecule has 0 heterocycles. The van der Waals surface area contributed by atoms with Gasteiger partial charge in [0.05, 0.1) is 0 Å². The van der Waals surface area contributed by atoms with Crippen molar-refractivity contribution in [1.82, 2.24) is 0 Å². The predicted molar refractivity (Wildman–Crippen MR) is 38.8 cm³/mol. The standard InChI is InChI=1S/C8H10O/c1-3-5-8(2)6-4-7-9/h3-6H,1-2H3/b5-3-,8-6-. The molecular weight excluding hydrogens is 112 g/mol. The van der Waals surface area contributed by atoms with E-state index in [2.05, 4.69) is 0 Å². The highest BCUT2D eigenvalue weighted by molar-refractivity contribution is 5.49. The minimum Gasteiger partial charge on any atom is -0.234 e. The maximum absolute atomic E-state index is 9.66. The zero-order chi connectivity index (χ0) is 7.11. The van der Waals surface area contributed by atoms with Gasteiger partial charge in [-0.2, -0.15) is 0 Å². The molecule has 9 heavy (non-hydrogen) atoms. The lowest BCUT2D eigenvalue weighted by atomic mass is 10.2. The minimum absolute atomic E-state index is 1.06. The fraction of sp³-hybridized carbons (Fsp3) is 0.250. The van der Waals surface area contributed by atoms with Crippen molar-refractivity contribution in [2.75, 3.05) is 0 Å². The van der Waals surface area contributed by atoms with Crippen molar-refractivity contribution < 1.29 is 4.79 Å². The quantitative estimate of drug-likeness (QED) is 0.404. The van der Waals surface area contributed by atoms with Crippen LogP contribution in [0.4, 0.5) is 0 Å². The summed E-state index contributed by atoms with van der Waals surface area (Å²) in [6.07, 6.45) is 6.92. The second-order valence-corrected chi connectivity index (χ2v) is 1.70. The number of hydrogen-bond acceptors (Lipinski definition) is 1. The van der Waals surface area contributed by atoms with Crippen molar-refractivity contribution in [3.05, 3.63) is 29.9 Å². The summed E-state index contributed by atoms with van der Waals surface area (Å²) in [4.78, 5) is 9.66. The van der Waals surface area contributed by atoms with Crippen molar-refractivity contribution in [2.45, 2.75) is 13.8 Å². The topological polar surface area (TPSA) is 17.1 Å². The first-order valence-electron chi connectivity index (χ1n) is 2.81. The first kappa shape index (κ1) is 7.93. The summed E-state index contributed by atoms with van der Waals surface area (Å²) in [6.45, 7) is 3.86. The zero-order valence-corrected chi connectivity index (χ0v) is 5.72. The highest BCUT2D eigenvalue weighted by atomic mass is 16.1. The van der Waals surface area contributed by atoms with Crippen molar-refractivity contribution >= 4 is 5.94 Å². The molecule has 0 bridgehead atoms. The maximum atomic E-state index is 9.66. The van der Waals surface area contributed by atoms with Gasteiger partial charge in [0.15, 0.2) is 0 Å². The van der Waals surface area contributed by atoms with E-state index >= 15 is 0 Å². The van der Waals surface area contributed by atoms with E-state index in [0.29, 0.717) is 0 Å². The van der Waals surface area contributed by atoms with E-state index in [4.69, 9.17) is 0 Å². The number of carbonyl (C=O) groups excluding carboxylic acids is 1. The van der Waals surface area contributed by atoms with Crippen molar-refractivity contribution in [3.63, 3.8) is 0 Å². The molecule has 0 saturated heterocycles. The Morgan fingerprint density at radius 1 is 1.56 bits per heavy atom. The van der Waals surface area contributed by atoms with Gasteiger partial charge in [0.1, 0.15) is 5.94 Å². The fourth-order valence-corrected chi connectivity index (χ4v) is 0.484. The van der Waals surface area contributed by atoms with E-state index in [-0.39, 0.29) is 0 Å². The van der Waals surface area contributed by atoms with Gasteiger partial charge in [-0.1, -0.05) is 17.7 Å². The SMILES string of the molecule is C/C=C\C(C)=C/C=C=O. The van der Waals surface area contributed by atoms with Crippen LogP contribution in [0.2, 0.25) is 0 Å². The van der Waals surface area contributed by atoms with E-state index in [0.717, 1.165) is 5.57 Å². The molecule has 0 aliphatic carbocycles. The van der Waals surface area contributed by atoms with Gasteiger partial charge in [-0.15, -0.1) is 0 Å². The summed E-state index contributed by atoms with van der Waals surface area (Å²) >= 11 is 0. The average Bonchev–Trinajstić information content (AvgIpc) is 1.85. The van der Waals surface area contributed by atoms with Crippen LogP contribution >= 0.6 is 0 Å². The number of allylic oxidation sites excluding steroid dienone is 5. The van der Waals surface area contributed by atoms with Gasteiger partial charge >= 0.3 is 0 Å². The van der Waals surface area contributed by atoms with Gasteiger partial charge in [-0.3, -0.25) is 0 Å². The second kappa shape index (κ2) is 5.07. The van der Waals surface area contributed by atoms with Crippen LogP contribution in [0.25, 0.3) is 0 Å². The Balaban J connectivity index is 3.99.